The lowest BCUT2D eigenvalue weighted by Gasteiger charge is -2.25. The average Bonchev–Trinajstić information content (AvgIpc) is 3.19. The van der Waals surface area contributed by atoms with E-state index in [1.807, 2.05) is 91.9 Å². The maximum Gasteiger partial charge on any atom is 0.229 e. The third-order valence-corrected chi connectivity index (χ3v) is 5.69. The number of fused-ring (bicyclic) bond motifs is 1. The SMILES string of the molecule is Cc1nn(-c2ccccc2)c2c1[C@@H](c1ccc(OCc3ccccc3)cc1)C(C#N)=C(N)O2. The van der Waals surface area contributed by atoms with Gasteiger partial charge in [-0.25, -0.2) is 4.68 Å². The molecular formula is C27H22N4O2. The molecule has 33 heavy (non-hydrogen) atoms. The zero-order valence-corrected chi connectivity index (χ0v) is 18.1. The van der Waals surface area contributed by atoms with Crippen molar-refractivity contribution in [3.8, 4) is 23.4 Å². The Hall–Kier alpha value is -4.50. The molecule has 0 amide bonds. The van der Waals surface area contributed by atoms with E-state index in [0.717, 1.165) is 33.8 Å². The van der Waals surface area contributed by atoms with Crippen molar-refractivity contribution in [2.75, 3.05) is 0 Å². The van der Waals surface area contributed by atoms with Crippen LogP contribution in [0.2, 0.25) is 0 Å². The standard InChI is InChI=1S/C27H22N4O2/c1-18-24-25(20-12-14-22(15-13-20)32-17-19-8-4-2-5-9-19)23(16-28)26(29)33-27(24)31(30-18)21-10-6-3-7-11-21/h2-15,25H,17,29H2,1H3/t25-/m0/s1. The van der Waals surface area contributed by atoms with E-state index in [1.165, 1.54) is 0 Å². The Morgan fingerprint density at radius 2 is 1.67 bits per heavy atom. The molecule has 0 radical (unpaired) electrons. The Bertz CT molecular complexity index is 1350. The fourth-order valence-electron chi connectivity index (χ4n) is 4.09. The first-order valence-corrected chi connectivity index (χ1v) is 10.6. The summed E-state index contributed by atoms with van der Waals surface area (Å²) in [5.74, 6) is 1.00. The predicted octanol–water partition coefficient (Wildman–Crippen LogP) is 4.98. The molecule has 0 spiro atoms. The van der Waals surface area contributed by atoms with Gasteiger partial charge < -0.3 is 15.2 Å². The van der Waals surface area contributed by atoms with Gasteiger partial charge in [0.15, 0.2) is 0 Å². The minimum absolute atomic E-state index is 0.0940. The highest BCUT2D eigenvalue weighted by atomic mass is 16.5. The summed E-state index contributed by atoms with van der Waals surface area (Å²) in [6.07, 6.45) is 0. The number of hydrogen-bond acceptors (Lipinski definition) is 5. The van der Waals surface area contributed by atoms with E-state index in [2.05, 4.69) is 6.07 Å². The molecule has 0 aliphatic carbocycles. The van der Waals surface area contributed by atoms with E-state index in [9.17, 15) is 5.26 Å². The van der Waals surface area contributed by atoms with Crippen LogP contribution in [0.25, 0.3) is 5.69 Å². The molecule has 2 heterocycles. The van der Waals surface area contributed by atoms with Gasteiger partial charge in [0.25, 0.3) is 0 Å². The topological polar surface area (TPSA) is 86.1 Å². The monoisotopic (exact) mass is 434 g/mol. The molecule has 162 valence electrons. The number of benzene rings is 3. The van der Waals surface area contributed by atoms with Crippen LogP contribution in [-0.4, -0.2) is 9.78 Å². The number of nitriles is 1. The first-order valence-electron chi connectivity index (χ1n) is 10.6. The van der Waals surface area contributed by atoms with Gasteiger partial charge in [0.1, 0.15) is 24.0 Å². The molecule has 0 saturated carbocycles. The zero-order valence-electron chi connectivity index (χ0n) is 18.1. The largest absolute Gasteiger partial charge is 0.489 e. The zero-order chi connectivity index (χ0) is 22.8. The number of hydrogen-bond donors (Lipinski definition) is 1. The number of nitrogens with zero attached hydrogens (tertiary/aromatic N) is 3. The molecule has 5 rings (SSSR count). The summed E-state index contributed by atoms with van der Waals surface area (Å²) in [7, 11) is 0. The highest BCUT2D eigenvalue weighted by molar-refractivity contribution is 5.57. The van der Waals surface area contributed by atoms with Gasteiger partial charge in [0, 0.05) is 0 Å². The molecule has 2 N–H and O–H groups in total. The average molecular weight is 434 g/mol. The number of aromatic nitrogens is 2. The Balaban J connectivity index is 1.50. The quantitative estimate of drug-likeness (QED) is 0.479. The van der Waals surface area contributed by atoms with Gasteiger partial charge in [0.05, 0.1) is 22.9 Å². The van der Waals surface area contributed by atoms with Crippen LogP contribution in [-0.2, 0) is 6.61 Å². The summed E-state index contributed by atoms with van der Waals surface area (Å²) < 4.78 is 13.6. The summed E-state index contributed by atoms with van der Waals surface area (Å²) in [6.45, 7) is 2.41. The lowest BCUT2D eigenvalue weighted by atomic mass is 9.84. The van der Waals surface area contributed by atoms with Gasteiger partial charge >= 0.3 is 0 Å². The predicted molar refractivity (Wildman–Crippen MR) is 125 cm³/mol. The molecule has 1 aliphatic rings. The Morgan fingerprint density at radius 3 is 2.33 bits per heavy atom. The molecular weight excluding hydrogens is 412 g/mol. The molecule has 1 aliphatic heterocycles. The van der Waals surface area contributed by atoms with E-state index in [-0.39, 0.29) is 11.8 Å². The third-order valence-electron chi connectivity index (χ3n) is 5.69. The van der Waals surface area contributed by atoms with Gasteiger partial charge in [0.2, 0.25) is 11.8 Å². The number of rotatable bonds is 5. The van der Waals surface area contributed by atoms with Crippen LogP contribution in [0.1, 0.15) is 28.3 Å². The lowest BCUT2D eigenvalue weighted by molar-refractivity contribution is 0.306. The second-order valence-electron chi connectivity index (χ2n) is 7.82. The Labute approximate surface area is 192 Å². The number of para-hydroxylation sites is 1. The number of allylic oxidation sites excluding steroid dienone is 1. The van der Waals surface area contributed by atoms with E-state index >= 15 is 0 Å². The fourth-order valence-corrected chi connectivity index (χ4v) is 4.09. The van der Waals surface area contributed by atoms with E-state index in [0.29, 0.717) is 18.1 Å². The molecule has 0 bridgehead atoms. The third kappa shape index (κ3) is 3.81. The molecule has 0 unspecified atom stereocenters. The fraction of sp³-hybridized carbons (Fsp3) is 0.111. The summed E-state index contributed by atoms with van der Waals surface area (Å²) in [5.41, 5.74) is 11.1. The van der Waals surface area contributed by atoms with Crippen LogP contribution in [0.4, 0.5) is 0 Å². The minimum atomic E-state index is -0.376. The smallest absolute Gasteiger partial charge is 0.229 e. The van der Waals surface area contributed by atoms with Crippen molar-refractivity contribution in [3.63, 3.8) is 0 Å². The summed E-state index contributed by atoms with van der Waals surface area (Å²) in [5, 5.41) is 14.6. The van der Waals surface area contributed by atoms with Crippen LogP contribution in [0, 0.1) is 18.3 Å². The van der Waals surface area contributed by atoms with Crippen LogP contribution in [0.15, 0.2) is 96.4 Å². The minimum Gasteiger partial charge on any atom is -0.489 e. The van der Waals surface area contributed by atoms with Crippen molar-refractivity contribution in [2.24, 2.45) is 5.73 Å². The van der Waals surface area contributed by atoms with Crippen LogP contribution in [0.3, 0.4) is 0 Å². The van der Waals surface area contributed by atoms with Gasteiger partial charge in [-0.1, -0.05) is 60.7 Å². The van der Waals surface area contributed by atoms with Crippen molar-refractivity contribution < 1.29 is 9.47 Å². The van der Waals surface area contributed by atoms with Crippen LogP contribution < -0.4 is 15.2 Å². The normalized spacial score (nSPS) is 14.8. The molecule has 0 fully saturated rings. The van der Waals surface area contributed by atoms with Gasteiger partial charge in [-0.2, -0.15) is 10.4 Å². The molecule has 4 aromatic rings. The lowest BCUT2D eigenvalue weighted by Crippen LogP contribution is -2.22. The molecule has 6 nitrogen and oxygen atoms in total. The van der Waals surface area contributed by atoms with Crippen molar-refractivity contribution >= 4 is 0 Å². The molecule has 1 aromatic heterocycles. The maximum atomic E-state index is 9.88. The van der Waals surface area contributed by atoms with E-state index < -0.39 is 0 Å². The van der Waals surface area contributed by atoms with Gasteiger partial charge in [-0.3, -0.25) is 0 Å². The molecule has 0 saturated heterocycles. The van der Waals surface area contributed by atoms with Crippen LogP contribution in [0.5, 0.6) is 11.6 Å². The maximum absolute atomic E-state index is 9.88. The first-order chi connectivity index (χ1) is 16.2. The summed E-state index contributed by atoms with van der Waals surface area (Å²) in [4.78, 5) is 0. The van der Waals surface area contributed by atoms with Crippen LogP contribution >= 0.6 is 0 Å². The van der Waals surface area contributed by atoms with E-state index in [1.54, 1.807) is 4.68 Å². The van der Waals surface area contributed by atoms with Crippen molar-refractivity contribution in [2.45, 2.75) is 19.4 Å². The summed E-state index contributed by atoms with van der Waals surface area (Å²) >= 11 is 0. The highest BCUT2D eigenvalue weighted by Gasteiger charge is 2.36. The van der Waals surface area contributed by atoms with Crippen molar-refractivity contribution in [3.05, 3.63) is 119 Å². The molecule has 1 atom stereocenters. The number of aryl methyl sites for hydroxylation is 1. The Kier molecular flexibility index (Phi) is 5.29. The second-order valence-corrected chi connectivity index (χ2v) is 7.82. The van der Waals surface area contributed by atoms with Gasteiger partial charge in [-0.05, 0) is 42.3 Å². The number of nitrogens with two attached hydrogens (primary N) is 1. The molecule has 3 aromatic carbocycles. The first kappa shape index (κ1) is 20.4. The number of ether oxygens (including phenoxy) is 2. The summed E-state index contributed by atoms with van der Waals surface area (Å²) in [6, 6.07) is 29.7. The van der Waals surface area contributed by atoms with E-state index in [4.69, 9.17) is 20.3 Å². The van der Waals surface area contributed by atoms with Gasteiger partial charge in [-0.15, -0.1) is 0 Å². The Morgan fingerprint density at radius 1 is 1.00 bits per heavy atom. The second kappa shape index (κ2) is 8.56. The highest BCUT2D eigenvalue weighted by Crippen LogP contribution is 2.44. The van der Waals surface area contributed by atoms with Crippen molar-refractivity contribution in [1.82, 2.24) is 9.78 Å². The van der Waals surface area contributed by atoms with Crippen molar-refractivity contribution in [1.29, 1.82) is 5.26 Å². The molecule has 6 heteroatoms.